The number of terminal acetylenes is 1. The zero-order chi connectivity index (χ0) is 22.4. The molecule has 0 saturated carbocycles. The summed E-state index contributed by atoms with van der Waals surface area (Å²) in [6.45, 7) is 0.560. The van der Waals surface area contributed by atoms with E-state index in [9.17, 15) is 14.4 Å². The fraction of sp³-hybridized carbons (Fsp3) is 0.174. The largest absolute Gasteiger partial charge is 0.465 e. The second kappa shape index (κ2) is 10.2. The second-order valence-electron chi connectivity index (χ2n) is 6.23. The molecule has 8 heteroatoms. The van der Waals surface area contributed by atoms with E-state index >= 15 is 0 Å². The first-order chi connectivity index (χ1) is 15.0. The lowest BCUT2D eigenvalue weighted by Gasteiger charge is -2.16. The summed E-state index contributed by atoms with van der Waals surface area (Å²) in [6.07, 6.45) is 4.56. The van der Waals surface area contributed by atoms with E-state index in [0.29, 0.717) is 23.4 Å². The van der Waals surface area contributed by atoms with Crippen molar-refractivity contribution in [1.82, 2.24) is 4.57 Å². The highest BCUT2D eigenvalue weighted by molar-refractivity contribution is 7.99. The fourth-order valence-corrected chi connectivity index (χ4v) is 5.25. The highest BCUT2D eigenvalue weighted by Crippen LogP contribution is 2.40. The number of esters is 2. The van der Waals surface area contributed by atoms with Crippen LogP contribution in [-0.2, 0) is 20.8 Å². The minimum absolute atomic E-state index is 0.0734. The number of benzene rings is 1. The van der Waals surface area contributed by atoms with Crippen LogP contribution < -0.4 is 5.56 Å². The number of hydrogen-bond acceptors (Lipinski definition) is 7. The SMILES string of the molecule is C#CC(=O)OC.COC(=O)c1cc(-c2ccccc2)c(=O)n2c1-c1sccc1SCC2. The number of rotatable bonds is 2. The van der Waals surface area contributed by atoms with Crippen LogP contribution >= 0.6 is 23.1 Å². The summed E-state index contributed by atoms with van der Waals surface area (Å²) in [5.41, 5.74) is 2.36. The molecule has 0 amide bonds. The van der Waals surface area contributed by atoms with Crippen molar-refractivity contribution in [3.63, 3.8) is 0 Å². The molecule has 1 aromatic carbocycles. The molecular formula is C23H19NO5S2. The molecule has 0 spiro atoms. The summed E-state index contributed by atoms with van der Waals surface area (Å²) in [4.78, 5) is 37.4. The van der Waals surface area contributed by atoms with Gasteiger partial charge in [-0.2, -0.15) is 0 Å². The molecule has 0 unspecified atom stereocenters. The highest BCUT2D eigenvalue weighted by atomic mass is 32.2. The molecule has 3 heterocycles. The van der Waals surface area contributed by atoms with Gasteiger partial charge in [-0.05, 0) is 23.1 Å². The first-order valence-electron chi connectivity index (χ1n) is 9.18. The van der Waals surface area contributed by atoms with Crippen molar-refractivity contribution in [2.45, 2.75) is 11.4 Å². The van der Waals surface area contributed by atoms with Crippen LogP contribution in [0.1, 0.15) is 10.4 Å². The van der Waals surface area contributed by atoms with Crippen LogP contribution in [0.4, 0.5) is 0 Å². The molecule has 0 N–H and O–H groups in total. The minimum Gasteiger partial charge on any atom is -0.465 e. The smallest absolute Gasteiger partial charge is 0.383 e. The maximum Gasteiger partial charge on any atom is 0.383 e. The highest BCUT2D eigenvalue weighted by Gasteiger charge is 2.26. The van der Waals surface area contributed by atoms with E-state index in [1.807, 2.05) is 41.8 Å². The lowest BCUT2D eigenvalue weighted by molar-refractivity contribution is -0.133. The molecule has 0 fully saturated rings. The number of nitrogens with zero attached hydrogens (tertiary/aromatic N) is 1. The second-order valence-corrected chi connectivity index (χ2v) is 8.29. The Morgan fingerprint density at radius 1 is 1.13 bits per heavy atom. The Labute approximate surface area is 187 Å². The topological polar surface area (TPSA) is 74.6 Å². The molecule has 0 atom stereocenters. The predicted molar refractivity (Wildman–Crippen MR) is 122 cm³/mol. The van der Waals surface area contributed by atoms with Gasteiger partial charge in [-0.15, -0.1) is 29.5 Å². The molecule has 0 aliphatic carbocycles. The van der Waals surface area contributed by atoms with Crippen LogP contribution in [0.15, 0.2) is 57.5 Å². The summed E-state index contributed by atoms with van der Waals surface area (Å²) in [5.74, 6) is 1.49. The molecule has 0 saturated heterocycles. The third kappa shape index (κ3) is 4.74. The Morgan fingerprint density at radius 2 is 1.87 bits per heavy atom. The first-order valence-corrected chi connectivity index (χ1v) is 11.0. The Morgan fingerprint density at radius 3 is 2.48 bits per heavy atom. The summed E-state index contributed by atoms with van der Waals surface area (Å²) in [7, 11) is 2.61. The Bertz CT molecular complexity index is 1200. The normalized spacial score (nSPS) is 11.5. The van der Waals surface area contributed by atoms with Gasteiger partial charge in [-0.3, -0.25) is 4.79 Å². The van der Waals surface area contributed by atoms with E-state index in [1.165, 1.54) is 14.2 Å². The van der Waals surface area contributed by atoms with Crippen LogP contribution in [-0.4, -0.2) is 36.5 Å². The van der Waals surface area contributed by atoms with Crippen molar-refractivity contribution in [2.24, 2.45) is 0 Å². The predicted octanol–water partition coefficient (Wildman–Crippen LogP) is 3.93. The Balaban J connectivity index is 0.000000401. The number of fused-ring (bicyclic) bond motifs is 3. The van der Waals surface area contributed by atoms with Gasteiger partial charge in [0.1, 0.15) is 0 Å². The number of aromatic nitrogens is 1. The Kier molecular flexibility index (Phi) is 7.34. The number of carbonyl (C=O) groups is 2. The van der Waals surface area contributed by atoms with Crippen LogP contribution in [0.3, 0.4) is 0 Å². The number of methoxy groups -OCH3 is 2. The van der Waals surface area contributed by atoms with Gasteiger partial charge in [0.15, 0.2) is 0 Å². The van der Waals surface area contributed by atoms with Crippen LogP contribution in [0.5, 0.6) is 0 Å². The van der Waals surface area contributed by atoms with Crippen molar-refractivity contribution in [3.8, 4) is 34.0 Å². The number of hydrogen-bond donors (Lipinski definition) is 0. The van der Waals surface area contributed by atoms with Gasteiger partial charge >= 0.3 is 11.9 Å². The molecule has 1 aliphatic heterocycles. The zero-order valence-corrected chi connectivity index (χ0v) is 18.5. The summed E-state index contributed by atoms with van der Waals surface area (Å²) in [5, 5.41) is 1.99. The molecular weight excluding hydrogens is 434 g/mol. The van der Waals surface area contributed by atoms with Gasteiger partial charge in [0.05, 0.1) is 30.4 Å². The van der Waals surface area contributed by atoms with Gasteiger partial charge in [0.2, 0.25) is 0 Å². The average Bonchev–Trinajstić information content (AvgIpc) is 3.20. The van der Waals surface area contributed by atoms with Crippen LogP contribution in [0.2, 0.25) is 0 Å². The first kappa shape index (κ1) is 22.4. The van der Waals surface area contributed by atoms with Crippen molar-refractivity contribution in [2.75, 3.05) is 20.0 Å². The van der Waals surface area contributed by atoms with Gasteiger partial charge in [-0.1, -0.05) is 30.3 Å². The van der Waals surface area contributed by atoms with E-state index in [1.54, 1.807) is 39.7 Å². The molecule has 2 aromatic heterocycles. The maximum absolute atomic E-state index is 13.2. The number of pyridine rings is 1. The van der Waals surface area contributed by atoms with Crippen molar-refractivity contribution in [1.29, 1.82) is 0 Å². The van der Waals surface area contributed by atoms with E-state index in [0.717, 1.165) is 21.1 Å². The maximum atomic E-state index is 13.2. The quantitative estimate of drug-likeness (QED) is 0.333. The van der Waals surface area contributed by atoms with E-state index < -0.39 is 11.9 Å². The fourth-order valence-electron chi connectivity index (χ4n) is 3.10. The molecule has 0 radical (unpaired) electrons. The van der Waals surface area contributed by atoms with Gasteiger partial charge < -0.3 is 14.0 Å². The molecule has 0 bridgehead atoms. The molecule has 4 rings (SSSR count). The molecule has 3 aromatic rings. The summed E-state index contributed by atoms with van der Waals surface area (Å²) < 4.78 is 10.8. The van der Waals surface area contributed by atoms with Crippen molar-refractivity contribution >= 4 is 35.0 Å². The van der Waals surface area contributed by atoms with Gasteiger partial charge in [0, 0.05) is 28.7 Å². The van der Waals surface area contributed by atoms with Gasteiger partial charge in [-0.25, -0.2) is 9.59 Å². The standard InChI is InChI=1S/C19H15NO3S2.C4H4O2/c1-23-19(22)14-11-13(12-5-3-2-4-6-12)18(21)20-8-10-24-15-7-9-25-17(15)16(14)20;1-3-4(5)6-2/h2-7,9,11H,8,10H2,1H3;1H,2H3. The monoisotopic (exact) mass is 453 g/mol. The lowest BCUT2D eigenvalue weighted by Crippen LogP contribution is -2.26. The Hall–Kier alpha value is -3.28. The van der Waals surface area contributed by atoms with E-state index in [4.69, 9.17) is 4.74 Å². The van der Waals surface area contributed by atoms with Crippen molar-refractivity contribution < 1.29 is 19.1 Å². The van der Waals surface area contributed by atoms with Crippen LogP contribution in [0.25, 0.3) is 21.7 Å². The van der Waals surface area contributed by atoms with Crippen molar-refractivity contribution in [3.05, 3.63) is 63.8 Å². The zero-order valence-electron chi connectivity index (χ0n) is 16.9. The minimum atomic E-state index is -0.630. The summed E-state index contributed by atoms with van der Waals surface area (Å²) in [6, 6.07) is 13.2. The third-order valence-corrected chi connectivity index (χ3v) is 6.59. The number of thiophene rings is 1. The summed E-state index contributed by atoms with van der Waals surface area (Å²) >= 11 is 3.26. The number of carbonyl (C=O) groups excluding carboxylic acids is 2. The average molecular weight is 454 g/mol. The molecule has 158 valence electrons. The third-order valence-electron chi connectivity index (χ3n) is 4.50. The molecule has 1 aliphatic rings. The molecule has 6 nitrogen and oxygen atoms in total. The molecule has 31 heavy (non-hydrogen) atoms. The van der Waals surface area contributed by atoms with Gasteiger partial charge in [0.25, 0.3) is 5.56 Å². The lowest BCUT2D eigenvalue weighted by atomic mass is 10.0. The van der Waals surface area contributed by atoms with E-state index in [-0.39, 0.29) is 5.56 Å². The van der Waals surface area contributed by atoms with E-state index in [2.05, 4.69) is 11.2 Å². The van der Waals surface area contributed by atoms with Crippen LogP contribution in [0, 0.1) is 12.3 Å². The number of ether oxygens (including phenoxy) is 2. The number of thioether (sulfide) groups is 1.